The van der Waals surface area contributed by atoms with Crippen molar-refractivity contribution in [1.82, 2.24) is 16.0 Å². The number of aliphatic carboxylic acids is 1. The van der Waals surface area contributed by atoms with Crippen molar-refractivity contribution in [3.05, 3.63) is 21.8 Å². The van der Waals surface area contributed by atoms with Gasteiger partial charge in [-0.1, -0.05) is 13.3 Å². The predicted octanol–water partition coefficient (Wildman–Crippen LogP) is -0.507. The summed E-state index contributed by atoms with van der Waals surface area (Å²) in [6, 6.07) is 0. The summed E-state index contributed by atoms with van der Waals surface area (Å²) in [5.41, 5.74) is 0.580. The molecular weight excluding hydrogens is 847 g/mol. The Hall–Kier alpha value is -0.620. The Balaban J connectivity index is 0.000000889. The predicted molar refractivity (Wildman–Crippen MR) is 163 cm³/mol. The van der Waals surface area contributed by atoms with Crippen molar-refractivity contribution in [2.24, 2.45) is 0 Å². The molecule has 0 aliphatic carbocycles. The average molecular weight is 881 g/mol. The number of halogens is 3. The van der Waals surface area contributed by atoms with Gasteiger partial charge < -0.3 is 51.3 Å². The monoisotopic (exact) mass is 881 g/mol. The smallest absolute Gasteiger partial charge is 0.344 e. The number of hydrogen-bond acceptors (Lipinski definition) is 10. The minimum absolute atomic E-state index is 0.0936. The fourth-order valence-corrected chi connectivity index (χ4v) is 7.32. The molecule has 1 unspecified atom stereocenters. The third kappa shape index (κ3) is 10.4. The Bertz CT molecular complexity index is 911. The molecular formula is C22H34I3N3O10. The van der Waals surface area contributed by atoms with Crippen molar-refractivity contribution < 1.29 is 49.8 Å². The van der Waals surface area contributed by atoms with Gasteiger partial charge in [-0.2, -0.15) is 0 Å². The van der Waals surface area contributed by atoms with E-state index in [0.717, 1.165) is 0 Å². The molecule has 0 radical (unpaired) electrons. The van der Waals surface area contributed by atoms with E-state index in [0.29, 0.717) is 34.7 Å². The van der Waals surface area contributed by atoms with E-state index in [1.807, 2.05) is 74.7 Å². The van der Waals surface area contributed by atoms with E-state index in [9.17, 15) is 24.6 Å². The number of carbonyl (C=O) groups is 3. The van der Waals surface area contributed by atoms with E-state index in [2.05, 4.69) is 16.0 Å². The van der Waals surface area contributed by atoms with Crippen LogP contribution in [0.2, 0.25) is 0 Å². The number of carbonyl (C=O) groups excluding carboxylic acids is 2. The maximum absolute atomic E-state index is 12.3. The van der Waals surface area contributed by atoms with E-state index in [-0.39, 0.29) is 24.1 Å². The molecule has 13 nitrogen and oxygen atoms in total. The molecule has 1 rings (SSSR count). The van der Waals surface area contributed by atoms with Gasteiger partial charge in [0.15, 0.2) is 6.10 Å². The molecule has 218 valence electrons. The highest BCUT2D eigenvalue weighted by Gasteiger charge is 2.31. The second kappa shape index (κ2) is 18.7. The Kier molecular flexibility index (Phi) is 18.4. The molecule has 0 saturated carbocycles. The summed E-state index contributed by atoms with van der Waals surface area (Å²) in [7, 11) is 4.55. The number of carboxylic acid groups (broad SMARTS) is 1. The second-order valence-corrected chi connectivity index (χ2v) is 11.0. The summed E-state index contributed by atoms with van der Waals surface area (Å²) in [4.78, 5) is 36.0. The lowest BCUT2D eigenvalue weighted by molar-refractivity contribution is -0.145. The number of likely N-dealkylation sites (N-methyl/N-ethyl adjacent to an activating group) is 1. The Labute approximate surface area is 261 Å². The Morgan fingerprint density at radius 1 is 0.842 bits per heavy atom. The van der Waals surface area contributed by atoms with Crippen molar-refractivity contribution in [1.29, 1.82) is 0 Å². The normalized spacial score (nSPS) is 14.7. The molecule has 0 aliphatic rings. The fraction of sp³-hybridized carbons (Fsp3) is 0.591. The van der Waals surface area contributed by atoms with E-state index in [1.165, 1.54) is 14.1 Å². The van der Waals surface area contributed by atoms with Crippen LogP contribution < -0.4 is 20.7 Å². The van der Waals surface area contributed by atoms with Crippen molar-refractivity contribution in [3.8, 4) is 5.75 Å². The summed E-state index contributed by atoms with van der Waals surface area (Å²) in [6.45, 7) is 1.29. The number of rotatable bonds is 13. The van der Waals surface area contributed by atoms with Crippen LogP contribution in [0.25, 0.3) is 0 Å². The molecule has 0 spiro atoms. The lowest BCUT2D eigenvalue weighted by atomic mass is 10.0. The molecule has 0 bridgehead atoms. The third-order valence-corrected chi connectivity index (χ3v) is 8.15. The number of aliphatic hydroxyl groups is 5. The van der Waals surface area contributed by atoms with E-state index >= 15 is 0 Å². The van der Waals surface area contributed by atoms with Gasteiger partial charge in [-0.15, -0.1) is 0 Å². The number of carboxylic acids is 1. The largest absolute Gasteiger partial charge is 0.479 e. The minimum Gasteiger partial charge on any atom is -0.479 e. The first-order chi connectivity index (χ1) is 17.7. The van der Waals surface area contributed by atoms with Crippen molar-refractivity contribution >= 4 is 85.6 Å². The molecule has 0 aliphatic heterocycles. The number of nitrogens with one attached hydrogen (secondary N) is 3. The molecule has 5 atom stereocenters. The minimum atomic E-state index is -1.55. The maximum Gasteiger partial charge on any atom is 0.344 e. The summed E-state index contributed by atoms with van der Waals surface area (Å²) >= 11 is 5.84. The first kappa shape index (κ1) is 37.4. The highest BCUT2D eigenvalue weighted by molar-refractivity contribution is 14.1. The van der Waals surface area contributed by atoms with Gasteiger partial charge in [0, 0.05) is 24.2 Å². The molecule has 0 aromatic heterocycles. The third-order valence-electron chi connectivity index (χ3n) is 5.01. The standard InChI is InChI=1S/C15H17I3N2O5.C7H17NO5/c1-4-5-6(15(23)24)25-12-10(17)7(13(21)19-2)9(16)8(11(12)18)14(22)20-3;1-8-2-4(10)6(12)7(13)5(11)3-9/h6H,4-5H2,1-3H3,(H,19,21)(H,20,22)(H,23,24);4-13H,2-3H2,1H3/t;4-,5+,6+,7+/m.0/s1. The molecule has 9 N–H and O–H groups in total. The van der Waals surface area contributed by atoms with Crippen LogP contribution in [-0.4, -0.2) is 113 Å². The van der Waals surface area contributed by atoms with Crippen LogP contribution in [0.3, 0.4) is 0 Å². The first-order valence-electron chi connectivity index (χ1n) is 11.3. The molecule has 38 heavy (non-hydrogen) atoms. The van der Waals surface area contributed by atoms with Crippen LogP contribution in [0.5, 0.6) is 5.75 Å². The summed E-state index contributed by atoms with van der Waals surface area (Å²) in [6.07, 6.45) is -5.76. The van der Waals surface area contributed by atoms with Gasteiger partial charge >= 0.3 is 5.97 Å². The highest BCUT2D eigenvalue weighted by Crippen LogP contribution is 2.38. The van der Waals surface area contributed by atoms with Crippen LogP contribution >= 0.6 is 67.8 Å². The fourth-order valence-electron chi connectivity index (χ4n) is 2.92. The number of amides is 2. The van der Waals surface area contributed by atoms with Crippen LogP contribution in [-0.2, 0) is 4.79 Å². The number of benzene rings is 1. The molecule has 0 saturated heterocycles. The van der Waals surface area contributed by atoms with E-state index in [1.54, 1.807) is 7.05 Å². The summed E-state index contributed by atoms with van der Waals surface area (Å²) in [5, 5.41) is 61.9. The van der Waals surface area contributed by atoms with E-state index < -0.39 is 43.1 Å². The van der Waals surface area contributed by atoms with Crippen LogP contribution in [0, 0.1) is 10.7 Å². The lowest BCUT2D eigenvalue weighted by Crippen LogP contribution is -2.48. The Morgan fingerprint density at radius 2 is 1.29 bits per heavy atom. The topological polar surface area (TPSA) is 218 Å². The zero-order valence-corrected chi connectivity index (χ0v) is 27.6. The summed E-state index contributed by atoms with van der Waals surface area (Å²) < 4.78 is 7.16. The zero-order chi connectivity index (χ0) is 29.7. The van der Waals surface area contributed by atoms with E-state index in [4.69, 9.17) is 25.2 Å². The van der Waals surface area contributed by atoms with Gasteiger partial charge in [-0.25, -0.2) is 4.79 Å². The van der Waals surface area contributed by atoms with Gasteiger partial charge in [0.05, 0.1) is 31.0 Å². The van der Waals surface area contributed by atoms with Gasteiger partial charge in [-0.3, -0.25) is 9.59 Å². The quantitative estimate of drug-likeness (QED) is 0.115. The van der Waals surface area contributed by atoms with Crippen LogP contribution in [0.1, 0.15) is 40.5 Å². The second-order valence-electron chi connectivity index (χ2n) is 7.77. The van der Waals surface area contributed by atoms with Crippen molar-refractivity contribution in [3.63, 3.8) is 0 Å². The van der Waals surface area contributed by atoms with Crippen molar-refractivity contribution in [2.45, 2.75) is 50.3 Å². The molecule has 1 aromatic rings. The summed E-state index contributed by atoms with van der Waals surface area (Å²) in [5.74, 6) is -1.60. The highest BCUT2D eigenvalue weighted by atomic mass is 127. The maximum atomic E-state index is 12.3. The van der Waals surface area contributed by atoms with Gasteiger partial charge in [0.2, 0.25) is 0 Å². The van der Waals surface area contributed by atoms with Gasteiger partial charge in [-0.05, 0) is 81.2 Å². The zero-order valence-electron chi connectivity index (χ0n) is 21.2. The average Bonchev–Trinajstić information content (AvgIpc) is 2.88. The molecule has 2 amide bonds. The number of hydrogen-bond donors (Lipinski definition) is 9. The number of aliphatic hydroxyl groups excluding tert-OH is 5. The van der Waals surface area contributed by atoms with Crippen molar-refractivity contribution in [2.75, 3.05) is 34.3 Å². The van der Waals surface area contributed by atoms with Gasteiger partial charge in [0.1, 0.15) is 24.1 Å². The molecule has 0 heterocycles. The molecule has 1 aromatic carbocycles. The van der Waals surface area contributed by atoms with Crippen LogP contribution in [0.4, 0.5) is 0 Å². The SMILES string of the molecule is CCCC(Oc1c(I)c(C(=O)NC)c(I)c(C(=O)NC)c1I)C(=O)O.CNC[C@H](O)[C@@H](O)[C@H](O)[C@H](O)CO. The van der Waals surface area contributed by atoms with Crippen LogP contribution in [0.15, 0.2) is 0 Å². The lowest BCUT2D eigenvalue weighted by Gasteiger charge is -2.25. The first-order valence-corrected chi connectivity index (χ1v) is 14.5. The number of ether oxygens (including phenoxy) is 1. The molecule has 16 heteroatoms. The Morgan fingerprint density at radius 3 is 1.63 bits per heavy atom. The molecule has 0 fully saturated rings. The van der Waals surface area contributed by atoms with Gasteiger partial charge in [0.25, 0.3) is 11.8 Å².